The summed E-state index contributed by atoms with van der Waals surface area (Å²) in [5.41, 5.74) is 0.251. The highest BCUT2D eigenvalue weighted by molar-refractivity contribution is 5.86. The Morgan fingerprint density at radius 1 is 1.33 bits per heavy atom. The maximum Gasteiger partial charge on any atom is 0.334 e. The molecule has 1 N–H and O–H groups in total. The third kappa shape index (κ3) is 3.13. The molecule has 1 aromatic carbocycles. The zero-order valence-corrected chi connectivity index (χ0v) is 8.86. The van der Waals surface area contributed by atoms with Crippen LogP contribution < -0.4 is 4.74 Å². The monoisotopic (exact) mass is 206 g/mol. The van der Waals surface area contributed by atoms with Crippen LogP contribution in [0.3, 0.4) is 0 Å². The predicted molar refractivity (Wildman–Crippen MR) is 57.7 cm³/mol. The van der Waals surface area contributed by atoms with Crippen LogP contribution in [0.1, 0.15) is 20.3 Å². The van der Waals surface area contributed by atoms with Crippen LogP contribution in [0.2, 0.25) is 0 Å². The van der Waals surface area contributed by atoms with Gasteiger partial charge in [-0.05, 0) is 19.1 Å². The number of benzene rings is 1. The van der Waals surface area contributed by atoms with Crippen LogP contribution in [-0.4, -0.2) is 11.1 Å². The first-order chi connectivity index (χ1) is 7.15. The van der Waals surface area contributed by atoms with Gasteiger partial charge in [0.2, 0.25) is 0 Å². The van der Waals surface area contributed by atoms with Crippen LogP contribution in [0, 0.1) is 0 Å². The molecule has 0 spiro atoms. The fraction of sp³-hybridized carbons (Fsp3) is 0.250. The van der Waals surface area contributed by atoms with Gasteiger partial charge in [0.15, 0.2) is 0 Å². The molecule has 0 fully saturated rings. The number of rotatable bonds is 4. The molecule has 0 aromatic heterocycles. The first-order valence-electron chi connectivity index (χ1n) is 4.81. The van der Waals surface area contributed by atoms with E-state index in [9.17, 15) is 4.79 Å². The Labute approximate surface area is 89.0 Å². The molecule has 0 unspecified atom stereocenters. The van der Waals surface area contributed by atoms with Crippen molar-refractivity contribution in [3.8, 4) is 5.75 Å². The maximum atomic E-state index is 10.8. The van der Waals surface area contributed by atoms with Crippen molar-refractivity contribution in [3.05, 3.63) is 41.7 Å². The molecule has 0 aliphatic carbocycles. The summed E-state index contributed by atoms with van der Waals surface area (Å²) in [4.78, 5) is 10.8. The van der Waals surface area contributed by atoms with Crippen molar-refractivity contribution in [2.24, 2.45) is 0 Å². The van der Waals surface area contributed by atoms with Gasteiger partial charge in [0.1, 0.15) is 11.5 Å². The van der Waals surface area contributed by atoms with Crippen LogP contribution in [0.25, 0.3) is 0 Å². The van der Waals surface area contributed by atoms with E-state index in [1.807, 2.05) is 25.1 Å². The first kappa shape index (κ1) is 11.3. The van der Waals surface area contributed by atoms with Crippen LogP contribution in [0.4, 0.5) is 0 Å². The average molecular weight is 206 g/mol. The number of ether oxygens (including phenoxy) is 1. The summed E-state index contributed by atoms with van der Waals surface area (Å²) >= 11 is 0. The predicted octanol–water partition coefficient (Wildman–Crippen LogP) is 2.83. The lowest BCUT2D eigenvalue weighted by Crippen LogP contribution is -2.05. The Morgan fingerprint density at radius 2 is 1.93 bits per heavy atom. The van der Waals surface area contributed by atoms with Crippen molar-refractivity contribution < 1.29 is 14.6 Å². The Balaban J connectivity index is 2.88. The molecular weight excluding hydrogens is 192 g/mol. The van der Waals surface area contributed by atoms with Crippen LogP contribution in [0.5, 0.6) is 5.75 Å². The summed E-state index contributed by atoms with van der Waals surface area (Å²) in [7, 11) is 0. The molecule has 0 saturated carbocycles. The van der Waals surface area contributed by atoms with Gasteiger partial charge in [-0.25, -0.2) is 4.79 Å². The molecule has 0 amide bonds. The molecule has 0 heterocycles. The summed E-state index contributed by atoms with van der Waals surface area (Å²) in [6, 6.07) is 9.17. The number of allylic oxidation sites excluding steroid dienone is 1. The van der Waals surface area contributed by atoms with Crippen LogP contribution in [0.15, 0.2) is 41.7 Å². The molecule has 80 valence electrons. The van der Waals surface area contributed by atoms with Gasteiger partial charge in [-0.3, -0.25) is 0 Å². The Morgan fingerprint density at radius 3 is 2.40 bits per heavy atom. The number of hydrogen-bond acceptors (Lipinski definition) is 2. The van der Waals surface area contributed by atoms with E-state index < -0.39 is 5.97 Å². The average Bonchev–Trinajstić information content (AvgIpc) is 2.26. The zero-order valence-electron chi connectivity index (χ0n) is 8.86. The van der Waals surface area contributed by atoms with Gasteiger partial charge in [-0.15, -0.1) is 0 Å². The second-order valence-electron chi connectivity index (χ2n) is 3.12. The molecule has 0 aliphatic rings. The third-order valence-electron chi connectivity index (χ3n) is 2.04. The zero-order chi connectivity index (χ0) is 11.3. The summed E-state index contributed by atoms with van der Waals surface area (Å²) in [5, 5.41) is 8.82. The number of carbonyl (C=O) groups is 1. The molecule has 1 rings (SSSR count). The maximum absolute atomic E-state index is 10.8. The highest BCUT2D eigenvalue weighted by Gasteiger charge is 2.09. The minimum atomic E-state index is -0.942. The normalized spacial score (nSPS) is 11.9. The minimum Gasteiger partial charge on any atom is -0.478 e. The molecule has 0 atom stereocenters. The second-order valence-corrected chi connectivity index (χ2v) is 3.12. The van der Waals surface area contributed by atoms with Gasteiger partial charge in [-0.1, -0.05) is 25.1 Å². The number of carboxylic acids is 1. The standard InChI is InChI=1S/C12H14O3/c1-3-11(9(2)12(13)14)15-10-7-5-4-6-8-10/h4-8H,3H2,1-2H3,(H,13,14)/b11-9+. The van der Waals surface area contributed by atoms with E-state index in [2.05, 4.69) is 0 Å². The van der Waals surface area contributed by atoms with Gasteiger partial charge in [0.25, 0.3) is 0 Å². The molecule has 0 saturated heterocycles. The lowest BCUT2D eigenvalue weighted by Gasteiger charge is -2.09. The molecule has 15 heavy (non-hydrogen) atoms. The number of para-hydroxylation sites is 1. The molecular formula is C12H14O3. The summed E-state index contributed by atoms with van der Waals surface area (Å²) in [5.74, 6) is 0.214. The second kappa shape index (κ2) is 5.20. The van der Waals surface area contributed by atoms with Crippen molar-refractivity contribution in [1.82, 2.24) is 0 Å². The number of aliphatic carboxylic acids is 1. The van der Waals surface area contributed by atoms with E-state index in [1.165, 1.54) is 0 Å². The summed E-state index contributed by atoms with van der Waals surface area (Å²) in [6.45, 7) is 3.41. The number of carboxylic acid groups (broad SMARTS) is 1. The SMILES string of the molecule is CC/C(Oc1ccccc1)=C(/C)C(=O)O. The minimum absolute atomic E-state index is 0.251. The quantitative estimate of drug-likeness (QED) is 0.608. The lowest BCUT2D eigenvalue weighted by atomic mass is 10.2. The van der Waals surface area contributed by atoms with Gasteiger partial charge in [0, 0.05) is 6.42 Å². The van der Waals surface area contributed by atoms with Crippen molar-refractivity contribution in [1.29, 1.82) is 0 Å². The fourth-order valence-electron chi connectivity index (χ4n) is 1.16. The summed E-state index contributed by atoms with van der Waals surface area (Å²) < 4.78 is 5.49. The van der Waals surface area contributed by atoms with E-state index in [0.717, 1.165) is 0 Å². The van der Waals surface area contributed by atoms with Crippen molar-refractivity contribution >= 4 is 5.97 Å². The van der Waals surface area contributed by atoms with Gasteiger partial charge in [0.05, 0.1) is 5.57 Å². The topological polar surface area (TPSA) is 46.5 Å². The lowest BCUT2D eigenvalue weighted by molar-refractivity contribution is -0.132. The first-order valence-corrected chi connectivity index (χ1v) is 4.81. The van der Waals surface area contributed by atoms with E-state index >= 15 is 0 Å². The third-order valence-corrected chi connectivity index (χ3v) is 2.04. The fourth-order valence-corrected chi connectivity index (χ4v) is 1.16. The van der Waals surface area contributed by atoms with Crippen LogP contribution in [-0.2, 0) is 4.79 Å². The molecule has 3 heteroatoms. The van der Waals surface area contributed by atoms with Gasteiger partial charge in [-0.2, -0.15) is 0 Å². The van der Waals surface area contributed by atoms with E-state index in [4.69, 9.17) is 9.84 Å². The number of hydrogen-bond donors (Lipinski definition) is 1. The molecule has 3 nitrogen and oxygen atoms in total. The smallest absolute Gasteiger partial charge is 0.334 e. The van der Waals surface area contributed by atoms with E-state index in [1.54, 1.807) is 19.1 Å². The Kier molecular flexibility index (Phi) is 3.92. The highest BCUT2D eigenvalue weighted by atomic mass is 16.5. The molecule has 0 bridgehead atoms. The van der Waals surface area contributed by atoms with Crippen LogP contribution >= 0.6 is 0 Å². The van der Waals surface area contributed by atoms with Gasteiger partial charge >= 0.3 is 5.97 Å². The van der Waals surface area contributed by atoms with Gasteiger partial charge < -0.3 is 9.84 Å². The largest absolute Gasteiger partial charge is 0.478 e. The van der Waals surface area contributed by atoms with Crippen molar-refractivity contribution in [3.63, 3.8) is 0 Å². The molecule has 1 aromatic rings. The van der Waals surface area contributed by atoms with Crippen molar-refractivity contribution in [2.45, 2.75) is 20.3 Å². The summed E-state index contributed by atoms with van der Waals surface area (Å²) in [6.07, 6.45) is 0.563. The highest BCUT2D eigenvalue weighted by Crippen LogP contribution is 2.17. The van der Waals surface area contributed by atoms with E-state index in [-0.39, 0.29) is 5.57 Å². The Hall–Kier alpha value is -1.77. The molecule has 0 radical (unpaired) electrons. The van der Waals surface area contributed by atoms with Crippen molar-refractivity contribution in [2.75, 3.05) is 0 Å². The Bertz CT molecular complexity index is 366. The molecule has 0 aliphatic heterocycles. The van der Waals surface area contributed by atoms with E-state index in [0.29, 0.717) is 17.9 Å².